The van der Waals surface area contributed by atoms with Crippen molar-refractivity contribution < 1.29 is 14.3 Å². The van der Waals surface area contributed by atoms with Crippen LogP contribution in [0.4, 0.5) is 0 Å². The maximum atomic E-state index is 12.5. The topological polar surface area (TPSA) is 92.1 Å². The summed E-state index contributed by atoms with van der Waals surface area (Å²) in [5, 5.41) is 3.49. The molecule has 0 spiro atoms. The van der Waals surface area contributed by atoms with Crippen molar-refractivity contribution in [2.75, 3.05) is 0 Å². The second-order valence-electron chi connectivity index (χ2n) is 5.71. The van der Waals surface area contributed by atoms with Crippen LogP contribution in [0, 0.1) is 0 Å². The summed E-state index contributed by atoms with van der Waals surface area (Å²) in [5.74, 6) is -1.30. The van der Waals surface area contributed by atoms with Crippen LogP contribution in [0.5, 0.6) is 0 Å². The summed E-state index contributed by atoms with van der Waals surface area (Å²) in [7, 11) is 0. The fraction of sp³-hybridized carbons (Fsp3) is 0.429. The van der Waals surface area contributed by atoms with Crippen molar-refractivity contribution in [1.29, 1.82) is 0 Å². The van der Waals surface area contributed by atoms with Crippen molar-refractivity contribution in [1.82, 2.24) is 0 Å². The Hall–Kier alpha value is -2.33. The van der Waals surface area contributed by atoms with E-state index in [0.29, 0.717) is 11.1 Å². The number of benzene rings is 1. The standard InChI is InChI=1S/C14H15N3O3/c1-13(2,3)20-12(19)14(16-17-15)8-9-6-4-5-7-10(9)11(14)18/h4-7H,8H2,1-3H3. The van der Waals surface area contributed by atoms with Gasteiger partial charge in [-0.15, -0.1) is 0 Å². The summed E-state index contributed by atoms with van der Waals surface area (Å²) in [4.78, 5) is 27.5. The van der Waals surface area contributed by atoms with Gasteiger partial charge in [-0.1, -0.05) is 29.4 Å². The number of ether oxygens (including phenoxy) is 1. The molecule has 104 valence electrons. The van der Waals surface area contributed by atoms with Crippen molar-refractivity contribution in [3.63, 3.8) is 0 Å². The molecule has 0 saturated heterocycles. The summed E-state index contributed by atoms with van der Waals surface area (Å²) >= 11 is 0. The fourth-order valence-electron chi connectivity index (χ4n) is 2.20. The van der Waals surface area contributed by atoms with Gasteiger partial charge in [0.05, 0.1) is 0 Å². The second kappa shape index (κ2) is 4.65. The molecule has 0 heterocycles. The molecule has 6 heteroatoms. The van der Waals surface area contributed by atoms with Gasteiger partial charge in [-0.25, -0.2) is 0 Å². The second-order valence-corrected chi connectivity index (χ2v) is 5.71. The zero-order valence-corrected chi connectivity index (χ0v) is 11.6. The zero-order chi connectivity index (χ0) is 15.0. The molecule has 2 rings (SSSR count). The summed E-state index contributed by atoms with van der Waals surface area (Å²) in [6.45, 7) is 5.09. The molecule has 0 radical (unpaired) electrons. The van der Waals surface area contributed by atoms with E-state index in [0.717, 1.165) is 0 Å². The Morgan fingerprint density at radius 3 is 2.60 bits per heavy atom. The largest absolute Gasteiger partial charge is 0.459 e. The quantitative estimate of drug-likeness (QED) is 0.272. The minimum Gasteiger partial charge on any atom is -0.459 e. The van der Waals surface area contributed by atoms with Crippen LogP contribution in [0.15, 0.2) is 29.4 Å². The number of esters is 1. The van der Waals surface area contributed by atoms with E-state index in [9.17, 15) is 9.59 Å². The number of hydrogen-bond donors (Lipinski definition) is 0. The average Bonchev–Trinajstić information content (AvgIpc) is 2.63. The molecule has 0 N–H and O–H groups in total. The van der Waals surface area contributed by atoms with Gasteiger partial charge in [0.1, 0.15) is 5.60 Å². The van der Waals surface area contributed by atoms with Crippen LogP contribution in [0.2, 0.25) is 0 Å². The van der Waals surface area contributed by atoms with Gasteiger partial charge in [0.2, 0.25) is 5.54 Å². The molecule has 20 heavy (non-hydrogen) atoms. The van der Waals surface area contributed by atoms with Crippen molar-refractivity contribution >= 4 is 11.8 Å². The van der Waals surface area contributed by atoms with Crippen molar-refractivity contribution in [2.45, 2.75) is 38.3 Å². The number of fused-ring (bicyclic) bond motifs is 1. The van der Waals surface area contributed by atoms with E-state index in [1.165, 1.54) is 0 Å². The van der Waals surface area contributed by atoms with Crippen LogP contribution >= 0.6 is 0 Å². The highest BCUT2D eigenvalue weighted by Crippen LogP contribution is 2.35. The lowest BCUT2D eigenvalue weighted by Gasteiger charge is -2.26. The SMILES string of the molecule is CC(C)(C)OC(=O)C1(N=[N+]=[N-])Cc2ccccc2C1=O. The van der Waals surface area contributed by atoms with Crippen LogP contribution in [-0.4, -0.2) is 22.9 Å². The molecule has 0 saturated carbocycles. The molecule has 1 aliphatic rings. The molecule has 1 aromatic rings. The summed E-state index contributed by atoms with van der Waals surface area (Å²) < 4.78 is 5.25. The number of carbonyl (C=O) groups excluding carboxylic acids is 2. The Morgan fingerprint density at radius 2 is 2.05 bits per heavy atom. The van der Waals surface area contributed by atoms with Gasteiger partial charge in [-0.2, -0.15) is 0 Å². The summed E-state index contributed by atoms with van der Waals surface area (Å²) in [6, 6.07) is 6.84. The Labute approximate surface area is 116 Å². The first-order valence-electron chi connectivity index (χ1n) is 6.22. The third kappa shape index (κ3) is 2.26. The lowest BCUT2D eigenvalue weighted by atomic mass is 9.95. The number of nitrogens with zero attached hydrogens (tertiary/aromatic N) is 3. The lowest BCUT2D eigenvalue weighted by molar-refractivity contribution is -0.159. The lowest BCUT2D eigenvalue weighted by Crippen LogP contribution is -2.46. The molecule has 1 unspecified atom stereocenters. The van der Waals surface area contributed by atoms with Crippen LogP contribution in [0.1, 0.15) is 36.7 Å². The van der Waals surface area contributed by atoms with Gasteiger partial charge in [0.15, 0.2) is 5.78 Å². The Kier molecular flexibility index (Phi) is 3.28. The number of Topliss-reactive ketones (excluding diaryl/α,β-unsaturated/α-hetero) is 1. The van der Waals surface area contributed by atoms with Crippen LogP contribution in [0.25, 0.3) is 10.4 Å². The molecule has 0 amide bonds. The van der Waals surface area contributed by atoms with E-state index in [1.54, 1.807) is 45.0 Å². The van der Waals surface area contributed by atoms with Crippen LogP contribution in [0.3, 0.4) is 0 Å². The highest BCUT2D eigenvalue weighted by molar-refractivity contribution is 6.20. The first-order valence-corrected chi connectivity index (χ1v) is 6.22. The van der Waals surface area contributed by atoms with Crippen molar-refractivity contribution in [2.24, 2.45) is 5.11 Å². The van der Waals surface area contributed by atoms with E-state index < -0.39 is 22.9 Å². The highest BCUT2D eigenvalue weighted by atomic mass is 16.6. The Morgan fingerprint density at radius 1 is 1.40 bits per heavy atom. The number of ketones is 1. The minimum atomic E-state index is -1.81. The number of rotatable bonds is 2. The molecule has 1 atom stereocenters. The van der Waals surface area contributed by atoms with Crippen LogP contribution in [-0.2, 0) is 16.0 Å². The van der Waals surface area contributed by atoms with Gasteiger partial charge in [-0.05, 0) is 31.9 Å². The number of carbonyl (C=O) groups is 2. The molecule has 1 aromatic carbocycles. The minimum absolute atomic E-state index is 0.0426. The molecule has 0 fully saturated rings. The maximum absolute atomic E-state index is 12.5. The average molecular weight is 273 g/mol. The molecule has 0 bridgehead atoms. The van der Waals surface area contributed by atoms with Gasteiger partial charge in [0, 0.05) is 16.9 Å². The molecule has 6 nitrogen and oxygen atoms in total. The molecule has 0 aromatic heterocycles. The number of azide groups is 1. The third-order valence-corrected chi connectivity index (χ3v) is 3.04. The predicted octanol–water partition coefficient (Wildman–Crippen LogP) is 2.82. The van der Waals surface area contributed by atoms with Crippen molar-refractivity contribution in [3.05, 3.63) is 45.8 Å². The normalized spacial score (nSPS) is 21.1. The molecular weight excluding hydrogens is 258 g/mol. The maximum Gasteiger partial charge on any atom is 0.326 e. The monoisotopic (exact) mass is 273 g/mol. The van der Waals surface area contributed by atoms with Crippen molar-refractivity contribution in [3.8, 4) is 0 Å². The van der Waals surface area contributed by atoms with E-state index in [2.05, 4.69) is 10.0 Å². The van der Waals surface area contributed by atoms with E-state index in [4.69, 9.17) is 10.3 Å². The highest BCUT2D eigenvalue weighted by Gasteiger charge is 2.53. The third-order valence-electron chi connectivity index (χ3n) is 3.04. The predicted molar refractivity (Wildman–Crippen MR) is 72.2 cm³/mol. The van der Waals surface area contributed by atoms with E-state index >= 15 is 0 Å². The van der Waals surface area contributed by atoms with E-state index in [-0.39, 0.29) is 6.42 Å². The van der Waals surface area contributed by atoms with Gasteiger partial charge >= 0.3 is 5.97 Å². The first-order chi connectivity index (χ1) is 9.30. The van der Waals surface area contributed by atoms with Gasteiger partial charge in [-0.3, -0.25) is 9.59 Å². The van der Waals surface area contributed by atoms with Gasteiger partial charge in [0.25, 0.3) is 0 Å². The first kappa shape index (κ1) is 14.1. The Bertz CT molecular complexity index is 627. The fourth-order valence-corrected chi connectivity index (χ4v) is 2.20. The van der Waals surface area contributed by atoms with Gasteiger partial charge < -0.3 is 4.74 Å². The molecular formula is C14H15N3O3. The summed E-state index contributed by atoms with van der Waals surface area (Å²) in [6.07, 6.45) is 0.0426. The van der Waals surface area contributed by atoms with Crippen LogP contribution < -0.4 is 0 Å². The number of hydrogen-bond acceptors (Lipinski definition) is 4. The smallest absolute Gasteiger partial charge is 0.326 e. The summed E-state index contributed by atoms with van der Waals surface area (Å²) in [5.41, 5.74) is 7.26. The van der Waals surface area contributed by atoms with E-state index in [1.807, 2.05) is 0 Å². The molecule has 0 aliphatic heterocycles. The molecule has 1 aliphatic carbocycles. The Balaban J connectivity index is 2.47. The zero-order valence-electron chi connectivity index (χ0n) is 11.6.